The molecule has 1 aliphatic carbocycles. The molecule has 3 N–H and O–H groups in total. The smallest absolute Gasteiger partial charge is 0.107 e. The number of hydrogen-bond donors (Lipinski definition) is 2. The maximum absolute atomic E-state index is 10.1. The maximum atomic E-state index is 10.1. The lowest BCUT2D eigenvalue weighted by Gasteiger charge is -2.07. The van der Waals surface area contributed by atoms with Crippen LogP contribution < -0.4 is 5.73 Å². The van der Waals surface area contributed by atoms with Gasteiger partial charge in [0.1, 0.15) is 6.10 Å². The molecule has 1 atom stereocenters. The molecule has 0 saturated heterocycles. The lowest BCUT2D eigenvalue weighted by molar-refractivity contribution is 0.226. The van der Waals surface area contributed by atoms with Crippen molar-refractivity contribution in [1.82, 2.24) is 0 Å². The van der Waals surface area contributed by atoms with Crippen LogP contribution in [0.5, 0.6) is 0 Å². The van der Waals surface area contributed by atoms with E-state index >= 15 is 0 Å². The molecule has 0 aliphatic heterocycles. The fourth-order valence-electron chi connectivity index (χ4n) is 2.26. The topological polar surface area (TPSA) is 46.2 Å². The summed E-state index contributed by atoms with van der Waals surface area (Å²) in [6.45, 7) is 0. The van der Waals surface area contributed by atoms with Gasteiger partial charge in [0.25, 0.3) is 0 Å². The van der Waals surface area contributed by atoms with Gasteiger partial charge in [-0.1, -0.05) is 36.4 Å². The predicted molar refractivity (Wildman–Crippen MR) is 60.4 cm³/mol. The summed E-state index contributed by atoms with van der Waals surface area (Å²) in [5.74, 6) is 0. The lowest BCUT2D eigenvalue weighted by atomic mass is 10.1. The summed E-state index contributed by atoms with van der Waals surface area (Å²) in [5, 5.41) is 10.1. The van der Waals surface area contributed by atoms with Gasteiger partial charge >= 0.3 is 0 Å². The zero-order valence-corrected chi connectivity index (χ0v) is 8.14. The number of nitrogens with two attached hydrogens (primary N) is 1. The Morgan fingerprint density at radius 3 is 2.53 bits per heavy atom. The minimum absolute atomic E-state index is 0.572. The van der Waals surface area contributed by atoms with Gasteiger partial charge in [-0.2, -0.15) is 0 Å². The molecule has 0 bridgehead atoms. The molecule has 2 nitrogen and oxygen atoms in total. The van der Waals surface area contributed by atoms with Crippen LogP contribution in [0.1, 0.15) is 17.2 Å². The molecule has 74 valence electrons. The third-order valence-electron chi connectivity index (χ3n) is 2.96. The van der Waals surface area contributed by atoms with Crippen molar-refractivity contribution in [3.05, 3.63) is 53.6 Å². The van der Waals surface area contributed by atoms with Crippen LogP contribution in [-0.4, -0.2) is 5.11 Å². The van der Waals surface area contributed by atoms with Crippen LogP contribution in [0.4, 0.5) is 5.69 Å². The minimum atomic E-state index is -0.572. The van der Waals surface area contributed by atoms with Crippen LogP contribution in [0.25, 0.3) is 11.1 Å². The number of hydrogen-bond acceptors (Lipinski definition) is 2. The molecule has 15 heavy (non-hydrogen) atoms. The van der Waals surface area contributed by atoms with Crippen molar-refractivity contribution in [2.24, 2.45) is 0 Å². The first-order valence-corrected chi connectivity index (χ1v) is 4.95. The van der Waals surface area contributed by atoms with E-state index in [2.05, 4.69) is 0 Å². The third-order valence-corrected chi connectivity index (χ3v) is 2.96. The highest BCUT2D eigenvalue weighted by Crippen LogP contribution is 2.45. The molecule has 1 aliphatic rings. The van der Waals surface area contributed by atoms with Crippen LogP contribution in [0, 0.1) is 0 Å². The van der Waals surface area contributed by atoms with Gasteiger partial charge in [0, 0.05) is 11.3 Å². The van der Waals surface area contributed by atoms with E-state index in [-0.39, 0.29) is 0 Å². The third kappa shape index (κ3) is 1.02. The number of aliphatic hydroxyl groups excluding tert-OH is 1. The summed E-state index contributed by atoms with van der Waals surface area (Å²) < 4.78 is 0. The standard InChI is InChI=1S/C13H11NO/c14-11-7-3-6-9-8-4-1-2-5-10(8)13(15)12(9)11/h1-7,13,15H,14H2. The molecule has 2 heteroatoms. The number of aliphatic hydroxyl groups is 1. The van der Waals surface area contributed by atoms with Gasteiger partial charge < -0.3 is 10.8 Å². The number of nitrogen functional groups attached to an aromatic ring is 1. The van der Waals surface area contributed by atoms with Crippen LogP contribution >= 0.6 is 0 Å². The molecule has 2 aromatic carbocycles. The first kappa shape index (κ1) is 8.50. The summed E-state index contributed by atoms with van der Waals surface area (Å²) >= 11 is 0. The summed E-state index contributed by atoms with van der Waals surface area (Å²) in [6.07, 6.45) is -0.572. The van der Waals surface area contributed by atoms with Crippen molar-refractivity contribution in [3.63, 3.8) is 0 Å². The van der Waals surface area contributed by atoms with E-state index in [4.69, 9.17) is 5.73 Å². The fraction of sp³-hybridized carbons (Fsp3) is 0.0769. The van der Waals surface area contributed by atoms with Gasteiger partial charge in [0.05, 0.1) is 0 Å². The monoisotopic (exact) mass is 197 g/mol. The minimum Gasteiger partial charge on any atom is -0.398 e. The summed E-state index contributed by atoms with van der Waals surface area (Å²) in [4.78, 5) is 0. The Balaban J connectivity index is 2.37. The second kappa shape index (κ2) is 2.84. The van der Waals surface area contributed by atoms with Gasteiger partial charge in [0.2, 0.25) is 0 Å². The molecule has 0 aromatic heterocycles. The van der Waals surface area contributed by atoms with Crippen molar-refractivity contribution >= 4 is 5.69 Å². The Labute approximate surface area is 88.0 Å². The molecule has 2 aromatic rings. The van der Waals surface area contributed by atoms with Gasteiger partial charge in [-0.05, 0) is 22.8 Å². The molecule has 0 heterocycles. The van der Waals surface area contributed by atoms with E-state index in [9.17, 15) is 5.11 Å². The number of benzene rings is 2. The van der Waals surface area contributed by atoms with E-state index in [1.165, 1.54) is 0 Å². The van der Waals surface area contributed by atoms with E-state index in [1.54, 1.807) is 0 Å². The molecular formula is C13H11NO. The molecule has 0 fully saturated rings. The first-order valence-electron chi connectivity index (χ1n) is 4.95. The van der Waals surface area contributed by atoms with Gasteiger partial charge in [0.15, 0.2) is 0 Å². The average molecular weight is 197 g/mol. The Hall–Kier alpha value is -1.80. The van der Waals surface area contributed by atoms with Gasteiger partial charge in [-0.3, -0.25) is 0 Å². The van der Waals surface area contributed by atoms with E-state index in [0.717, 1.165) is 22.3 Å². The summed E-state index contributed by atoms with van der Waals surface area (Å²) in [5.41, 5.74) is 10.5. The molecular weight excluding hydrogens is 186 g/mol. The van der Waals surface area contributed by atoms with E-state index < -0.39 is 6.10 Å². The maximum Gasteiger partial charge on any atom is 0.107 e. The largest absolute Gasteiger partial charge is 0.398 e. The van der Waals surface area contributed by atoms with Gasteiger partial charge in [-0.15, -0.1) is 0 Å². The molecule has 1 unspecified atom stereocenters. The molecule has 0 saturated carbocycles. The second-order valence-corrected chi connectivity index (χ2v) is 3.80. The van der Waals surface area contributed by atoms with Crippen LogP contribution in [0.15, 0.2) is 42.5 Å². The number of rotatable bonds is 0. The number of fused-ring (bicyclic) bond motifs is 3. The van der Waals surface area contributed by atoms with Crippen LogP contribution in [0.2, 0.25) is 0 Å². The highest BCUT2D eigenvalue weighted by atomic mass is 16.3. The normalized spacial score (nSPS) is 17.3. The van der Waals surface area contributed by atoms with Gasteiger partial charge in [-0.25, -0.2) is 0 Å². The van der Waals surface area contributed by atoms with Crippen LogP contribution in [-0.2, 0) is 0 Å². The van der Waals surface area contributed by atoms with Crippen molar-refractivity contribution in [2.45, 2.75) is 6.10 Å². The zero-order valence-electron chi connectivity index (χ0n) is 8.14. The van der Waals surface area contributed by atoms with Crippen molar-refractivity contribution < 1.29 is 5.11 Å². The molecule has 3 rings (SSSR count). The Morgan fingerprint density at radius 1 is 0.933 bits per heavy atom. The van der Waals surface area contributed by atoms with E-state index in [1.807, 2.05) is 42.5 Å². The first-order chi connectivity index (χ1) is 7.29. The lowest BCUT2D eigenvalue weighted by Crippen LogP contribution is -1.98. The van der Waals surface area contributed by atoms with Crippen molar-refractivity contribution in [1.29, 1.82) is 0 Å². The molecule has 0 radical (unpaired) electrons. The van der Waals surface area contributed by atoms with Crippen molar-refractivity contribution in [2.75, 3.05) is 5.73 Å². The second-order valence-electron chi connectivity index (χ2n) is 3.80. The Bertz CT molecular complexity index is 534. The Morgan fingerprint density at radius 2 is 1.67 bits per heavy atom. The van der Waals surface area contributed by atoms with Crippen molar-refractivity contribution in [3.8, 4) is 11.1 Å². The average Bonchev–Trinajstić information content (AvgIpc) is 2.55. The Kier molecular flexibility index (Phi) is 1.61. The summed E-state index contributed by atoms with van der Waals surface area (Å²) in [6, 6.07) is 13.6. The highest BCUT2D eigenvalue weighted by molar-refractivity contribution is 5.82. The fourth-order valence-corrected chi connectivity index (χ4v) is 2.26. The summed E-state index contributed by atoms with van der Waals surface area (Å²) in [7, 11) is 0. The molecule has 0 spiro atoms. The molecule has 0 amide bonds. The number of anilines is 1. The quantitative estimate of drug-likeness (QED) is 0.637. The zero-order chi connectivity index (χ0) is 10.4. The predicted octanol–water partition coefficient (Wildman–Crippen LogP) is 2.33. The SMILES string of the molecule is Nc1cccc2c1C(O)c1ccccc1-2. The highest BCUT2D eigenvalue weighted by Gasteiger charge is 2.27. The van der Waals surface area contributed by atoms with E-state index in [0.29, 0.717) is 5.69 Å². The van der Waals surface area contributed by atoms with Crippen LogP contribution in [0.3, 0.4) is 0 Å².